The van der Waals surface area contributed by atoms with Crippen LogP contribution in [0, 0.1) is 10.1 Å². The lowest BCUT2D eigenvalue weighted by Crippen LogP contribution is -2.29. The van der Waals surface area contributed by atoms with Gasteiger partial charge in [0.2, 0.25) is 0 Å². The monoisotopic (exact) mass is 375 g/mol. The maximum atomic E-state index is 11.5. The maximum absolute atomic E-state index is 11.5. The van der Waals surface area contributed by atoms with Gasteiger partial charge in [0.1, 0.15) is 0 Å². The number of nitrogens with zero attached hydrogens (tertiary/aromatic N) is 3. The van der Waals surface area contributed by atoms with Crippen molar-refractivity contribution in [1.29, 1.82) is 0 Å². The first-order valence-corrected chi connectivity index (χ1v) is 9.87. The molecule has 3 aromatic rings. The molecule has 2 heterocycles. The molecule has 0 fully saturated rings. The minimum atomic E-state index is -0.277. The summed E-state index contributed by atoms with van der Waals surface area (Å²) in [5, 5.41) is 11.5. The predicted molar refractivity (Wildman–Crippen MR) is 110 cm³/mol. The quantitative estimate of drug-likeness (QED) is 0.468. The number of aromatic nitrogens is 1. The van der Waals surface area contributed by atoms with Crippen molar-refractivity contribution in [1.82, 2.24) is 9.47 Å². The molecule has 1 aliphatic heterocycles. The Bertz CT molecular complexity index is 962. The molecule has 4 rings (SSSR count). The normalized spacial score (nSPS) is 17.1. The SMILES string of the molecule is CCc1ccc(C2c3cccn3CCCN2Cc2ccccc2[N+](=O)[O-])cc1. The summed E-state index contributed by atoms with van der Waals surface area (Å²) in [5.41, 5.74) is 4.76. The van der Waals surface area contributed by atoms with Crippen molar-refractivity contribution in [3.8, 4) is 0 Å². The highest BCUT2D eigenvalue weighted by molar-refractivity contribution is 5.40. The minimum absolute atomic E-state index is 0.0863. The van der Waals surface area contributed by atoms with Crippen molar-refractivity contribution < 1.29 is 4.92 Å². The molecule has 5 heteroatoms. The van der Waals surface area contributed by atoms with Gasteiger partial charge in [-0.05, 0) is 36.1 Å². The van der Waals surface area contributed by atoms with Gasteiger partial charge < -0.3 is 4.57 Å². The summed E-state index contributed by atoms with van der Waals surface area (Å²) in [5.74, 6) is 0. The molecule has 1 unspecified atom stereocenters. The van der Waals surface area contributed by atoms with Gasteiger partial charge in [-0.15, -0.1) is 0 Å². The van der Waals surface area contributed by atoms with E-state index >= 15 is 0 Å². The van der Waals surface area contributed by atoms with Crippen LogP contribution in [-0.4, -0.2) is 20.9 Å². The molecule has 0 amide bonds. The molecule has 144 valence electrons. The maximum Gasteiger partial charge on any atom is 0.273 e. The van der Waals surface area contributed by atoms with Gasteiger partial charge in [0.05, 0.1) is 11.0 Å². The number of hydrogen-bond donors (Lipinski definition) is 0. The summed E-state index contributed by atoms with van der Waals surface area (Å²) in [4.78, 5) is 13.6. The molecule has 1 atom stereocenters. The van der Waals surface area contributed by atoms with Crippen LogP contribution in [0.2, 0.25) is 0 Å². The number of nitro groups is 1. The third kappa shape index (κ3) is 3.58. The number of aryl methyl sites for hydroxylation is 2. The molecular formula is C23H25N3O2. The summed E-state index contributed by atoms with van der Waals surface area (Å²) in [7, 11) is 0. The molecule has 0 saturated carbocycles. The van der Waals surface area contributed by atoms with Crippen molar-refractivity contribution in [2.75, 3.05) is 6.54 Å². The van der Waals surface area contributed by atoms with E-state index in [2.05, 4.69) is 59.0 Å². The Labute approximate surface area is 165 Å². The third-order valence-electron chi connectivity index (χ3n) is 5.62. The minimum Gasteiger partial charge on any atom is -0.350 e. The number of para-hydroxylation sites is 1. The zero-order valence-electron chi connectivity index (χ0n) is 16.1. The summed E-state index contributed by atoms with van der Waals surface area (Å²) in [6, 6.07) is 20.2. The van der Waals surface area contributed by atoms with E-state index in [1.165, 1.54) is 16.8 Å². The lowest BCUT2D eigenvalue weighted by molar-refractivity contribution is -0.385. The number of hydrogen-bond acceptors (Lipinski definition) is 3. The molecule has 1 aromatic heterocycles. The highest BCUT2D eigenvalue weighted by Gasteiger charge is 2.28. The van der Waals surface area contributed by atoms with Crippen LogP contribution in [0.3, 0.4) is 0 Å². The standard InChI is InChI=1S/C23H25N3O2/c1-2-18-10-12-19(13-11-18)23-22-9-5-14-24(22)15-6-16-25(23)17-20-7-3-4-8-21(20)26(27)28/h3-5,7-14,23H,2,6,15-17H2,1H3. The van der Waals surface area contributed by atoms with Gasteiger partial charge in [-0.25, -0.2) is 0 Å². The van der Waals surface area contributed by atoms with Crippen LogP contribution in [0.25, 0.3) is 0 Å². The second kappa shape index (κ2) is 7.98. The fourth-order valence-electron chi connectivity index (χ4n) is 4.17. The van der Waals surface area contributed by atoms with Crippen molar-refractivity contribution >= 4 is 5.69 Å². The van der Waals surface area contributed by atoms with E-state index in [4.69, 9.17) is 0 Å². The first-order chi connectivity index (χ1) is 13.7. The first kappa shape index (κ1) is 18.4. The van der Waals surface area contributed by atoms with Crippen molar-refractivity contribution in [2.24, 2.45) is 0 Å². The average molecular weight is 375 g/mol. The van der Waals surface area contributed by atoms with Gasteiger partial charge in [0.25, 0.3) is 5.69 Å². The summed E-state index contributed by atoms with van der Waals surface area (Å²) >= 11 is 0. The molecule has 0 bridgehead atoms. The third-order valence-corrected chi connectivity index (χ3v) is 5.62. The van der Waals surface area contributed by atoms with E-state index in [0.717, 1.165) is 31.5 Å². The fourth-order valence-corrected chi connectivity index (χ4v) is 4.17. The van der Waals surface area contributed by atoms with Crippen molar-refractivity contribution in [2.45, 2.75) is 38.9 Å². The van der Waals surface area contributed by atoms with Crippen LogP contribution in [0.5, 0.6) is 0 Å². The van der Waals surface area contributed by atoms with Gasteiger partial charge in [-0.1, -0.05) is 49.4 Å². The van der Waals surface area contributed by atoms with E-state index in [1.807, 2.05) is 12.1 Å². The molecule has 0 aliphatic carbocycles. The largest absolute Gasteiger partial charge is 0.350 e. The second-order valence-electron chi connectivity index (χ2n) is 7.33. The average Bonchev–Trinajstić information content (AvgIpc) is 3.10. The first-order valence-electron chi connectivity index (χ1n) is 9.87. The van der Waals surface area contributed by atoms with E-state index < -0.39 is 0 Å². The van der Waals surface area contributed by atoms with Crippen LogP contribution < -0.4 is 0 Å². The van der Waals surface area contributed by atoms with E-state index in [9.17, 15) is 10.1 Å². The lowest BCUT2D eigenvalue weighted by Gasteiger charge is -2.30. The van der Waals surface area contributed by atoms with Crippen LogP contribution in [0.4, 0.5) is 5.69 Å². The molecule has 0 N–H and O–H groups in total. The van der Waals surface area contributed by atoms with E-state index in [-0.39, 0.29) is 16.7 Å². The smallest absolute Gasteiger partial charge is 0.273 e. The molecule has 1 aliphatic rings. The lowest BCUT2D eigenvalue weighted by atomic mass is 9.99. The van der Waals surface area contributed by atoms with Gasteiger partial charge in [-0.3, -0.25) is 15.0 Å². The predicted octanol–water partition coefficient (Wildman–Crippen LogP) is 4.95. The molecule has 0 radical (unpaired) electrons. The topological polar surface area (TPSA) is 51.3 Å². The molecule has 28 heavy (non-hydrogen) atoms. The highest BCUT2D eigenvalue weighted by Crippen LogP contribution is 2.34. The Balaban J connectivity index is 1.75. The molecule has 0 saturated heterocycles. The van der Waals surface area contributed by atoms with Gasteiger partial charge >= 0.3 is 0 Å². The number of fused-ring (bicyclic) bond motifs is 1. The van der Waals surface area contributed by atoms with Crippen LogP contribution >= 0.6 is 0 Å². The summed E-state index contributed by atoms with van der Waals surface area (Å²) in [6.07, 6.45) is 4.17. The zero-order chi connectivity index (χ0) is 19.5. The van der Waals surface area contributed by atoms with Crippen LogP contribution in [0.1, 0.15) is 41.8 Å². The highest BCUT2D eigenvalue weighted by atomic mass is 16.6. The van der Waals surface area contributed by atoms with Crippen molar-refractivity contribution in [3.63, 3.8) is 0 Å². The van der Waals surface area contributed by atoms with Gasteiger partial charge in [0.15, 0.2) is 0 Å². The Morgan fingerprint density at radius 2 is 1.82 bits per heavy atom. The molecule has 0 spiro atoms. The van der Waals surface area contributed by atoms with E-state index in [0.29, 0.717) is 6.54 Å². The Hall–Kier alpha value is -2.92. The molecular weight excluding hydrogens is 350 g/mol. The van der Waals surface area contributed by atoms with Gasteiger partial charge in [-0.2, -0.15) is 0 Å². The second-order valence-corrected chi connectivity index (χ2v) is 7.33. The number of benzene rings is 2. The Morgan fingerprint density at radius 1 is 1.04 bits per heavy atom. The molecule has 2 aromatic carbocycles. The summed E-state index contributed by atoms with van der Waals surface area (Å²) in [6.45, 7) is 4.59. The van der Waals surface area contributed by atoms with Gasteiger partial charge in [0, 0.05) is 43.2 Å². The molecule has 5 nitrogen and oxygen atoms in total. The zero-order valence-corrected chi connectivity index (χ0v) is 16.1. The van der Waals surface area contributed by atoms with Crippen LogP contribution in [0.15, 0.2) is 66.9 Å². The number of rotatable bonds is 5. The Morgan fingerprint density at radius 3 is 2.57 bits per heavy atom. The van der Waals surface area contributed by atoms with Crippen LogP contribution in [-0.2, 0) is 19.5 Å². The van der Waals surface area contributed by atoms with Crippen molar-refractivity contribution in [3.05, 3.63) is 99.4 Å². The Kier molecular flexibility index (Phi) is 5.26. The summed E-state index contributed by atoms with van der Waals surface area (Å²) < 4.78 is 2.32. The van der Waals surface area contributed by atoms with E-state index in [1.54, 1.807) is 12.1 Å². The number of nitro benzene ring substituents is 1. The fraction of sp³-hybridized carbons (Fsp3) is 0.304.